The molecule has 0 aliphatic carbocycles. The molecule has 1 fully saturated rings. The monoisotopic (exact) mass is 393 g/mol. The predicted molar refractivity (Wildman–Crippen MR) is 109 cm³/mol. The number of anilines is 2. The molecule has 148 valence electrons. The summed E-state index contributed by atoms with van der Waals surface area (Å²) in [5.74, 6) is -1.49. The molecule has 3 aromatic rings. The molecule has 0 atom stereocenters. The highest BCUT2D eigenvalue weighted by Crippen LogP contribution is 2.29. The Morgan fingerprint density at radius 2 is 1.52 bits per heavy atom. The minimum absolute atomic E-state index is 0.113. The van der Waals surface area contributed by atoms with Gasteiger partial charge in [0.15, 0.2) is 0 Å². The number of nitrogens with one attached hydrogen (secondary N) is 1. The molecule has 0 spiro atoms. The van der Waals surface area contributed by atoms with Crippen molar-refractivity contribution in [1.82, 2.24) is 4.90 Å². The van der Waals surface area contributed by atoms with Crippen molar-refractivity contribution >= 4 is 34.0 Å². The van der Waals surface area contributed by atoms with Gasteiger partial charge in [-0.3, -0.25) is 9.59 Å². The van der Waals surface area contributed by atoms with E-state index in [9.17, 15) is 19.1 Å². The van der Waals surface area contributed by atoms with E-state index in [4.69, 9.17) is 0 Å². The fraction of sp³-hybridized carbons (Fsp3) is 0.182. The number of rotatable bonds is 2. The van der Waals surface area contributed by atoms with Gasteiger partial charge in [-0.15, -0.1) is 0 Å². The van der Waals surface area contributed by atoms with E-state index in [1.165, 1.54) is 17.0 Å². The number of halogens is 1. The number of carbonyl (C=O) groups excluding carboxylic acids is 2. The second-order valence-electron chi connectivity index (χ2n) is 6.89. The van der Waals surface area contributed by atoms with Crippen molar-refractivity contribution in [1.29, 1.82) is 0 Å². The first-order valence-electron chi connectivity index (χ1n) is 9.34. The number of nitrogens with zero attached hydrogens (tertiary/aromatic N) is 2. The van der Waals surface area contributed by atoms with E-state index in [0.717, 1.165) is 5.69 Å². The summed E-state index contributed by atoms with van der Waals surface area (Å²) in [6, 6.07) is 16.4. The van der Waals surface area contributed by atoms with Gasteiger partial charge in [-0.05, 0) is 36.4 Å². The molecule has 0 saturated carbocycles. The van der Waals surface area contributed by atoms with Gasteiger partial charge < -0.3 is 20.2 Å². The normalized spacial score (nSPS) is 14.1. The van der Waals surface area contributed by atoms with Crippen LogP contribution < -0.4 is 10.2 Å². The number of aromatic hydroxyl groups is 1. The average Bonchev–Trinajstić information content (AvgIpc) is 2.75. The zero-order valence-corrected chi connectivity index (χ0v) is 15.6. The third-order valence-electron chi connectivity index (χ3n) is 5.10. The maximum Gasteiger partial charge on any atom is 0.313 e. The Kier molecular flexibility index (Phi) is 5.03. The van der Waals surface area contributed by atoms with E-state index in [0.29, 0.717) is 42.6 Å². The summed E-state index contributed by atoms with van der Waals surface area (Å²) < 4.78 is 13.1. The van der Waals surface area contributed by atoms with E-state index in [1.54, 1.807) is 48.5 Å². The van der Waals surface area contributed by atoms with Crippen LogP contribution in [0.15, 0.2) is 60.7 Å². The lowest BCUT2D eigenvalue weighted by atomic mass is 10.1. The Labute approximate surface area is 167 Å². The second kappa shape index (κ2) is 7.79. The van der Waals surface area contributed by atoms with Crippen molar-refractivity contribution < 1.29 is 19.1 Å². The third kappa shape index (κ3) is 3.85. The molecule has 1 heterocycles. The van der Waals surface area contributed by atoms with Crippen molar-refractivity contribution in [3.05, 3.63) is 66.5 Å². The number of carbonyl (C=O) groups is 2. The molecule has 3 aromatic carbocycles. The molecule has 1 saturated heterocycles. The highest BCUT2D eigenvalue weighted by Gasteiger charge is 2.26. The number of hydrogen-bond donors (Lipinski definition) is 2. The second-order valence-corrected chi connectivity index (χ2v) is 6.89. The molecule has 1 aliphatic rings. The minimum atomic E-state index is -0.712. The van der Waals surface area contributed by atoms with Crippen LogP contribution in [0, 0.1) is 5.82 Å². The van der Waals surface area contributed by atoms with Crippen LogP contribution in [0.2, 0.25) is 0 Å². The van der Waals surface area contributed by atoms with E-state index >= 15 is 0 Å². The molecule has 2 amide bonds. The molecule has 0 unspecified atom stereocenters. The van der Waals surface area contributed by atoms with Gasteiger partial charge in [-0.25, -0.2) is 4.39 Å². The Hall–Kier alpha value is -3.61. The Morgan fingerprint density at radius 3 is 2.24 bits per heavy atom. The molecule has 0 aromatic heterocycles. The van der Waals surface area contributed by atoms with Crippen molar-refractivity contribution in [2.75, 3.05) is 36.4 Å². The fourth-order valence-corrected chi connectivity index (χ4v) is 3.54. The quantitative estimate of drug-likeness (QED) is 0.657. The molecular weight excluding hydrogens is 373 g/mol. The summed E-state index contributed by atoms with van der Waals surface area (Å²) in [7, 11) is 0. The minimum Gasteiger partial charge on any atom is -0.507 e. The zero-order chi connectivity index (χ0) is 20.4. The predicted octanol–water partition coefficient (Wildman–Crippen LogP) is 2.97. The highest BCUT2D eigenvalue weighted by molar-refractivity contribution is 6.40. The molecule has 6 nitrogen and oxygen atoms in total. The fourth-order valence-electron chi connectivity index (χ4n) is 3.54. The van der Waals surface area contributed by atoms with Crippen molar-refractivity contribution in [2.45, 2.75) is 0 Å². The Balaban J connectivity index is 1.41. The maximum absolute atomic E-state index is 13.1. The smallest absolute Gasteiger partial charge is 0.313 e. The largest absolute Gasteiger partial charge is 0.507 e. The summed E-state index contributed by atoms with van der Waals surface area (Å²) in [4.78, 5) is 28.7. The van der Waals surface area contributed by atoms with Gasteiger partial charge in [-0.2, -0.15) is 0 Å². The lowest BCUT2D eigenvalue weighted by Gasteiger charge is -2.35. The number of hydrogen-bond acceptors (Lipinski definition) is 4. The summed E-state index contributed by atoms with van der Waals surface area (Å²) in [6.07, 6.45) is 0. The highest BCUT2D eigenvalue weighted by atomic mass is 19.1. The first-order valence-corrected chi connectivity index (χ1v) is 9.34. The number of fused-ring (bicyclic) bond motifs is 1. The number of phenolic OH excluding ortho intramolecular Hbond substituents is 1. The standard InChI is InChI=1S/C22H20FN3O3/c23-15-7-9-16(10-8-15)25-11-13-26(14-12-25)22(29)21(28)24-19-5-1-4-18-17(19)3-2-6-20(18)27/h1-10,27H,11-14H2,(H,24,28). The van der Waals surface area contributed by atoms with E-state index < -0.39 is 11.8 Å². The molecule has 4 rings (SSSR count). The van der Waals surface area contributed by atoms with Gasteiger partial charge in [0.2, 0.25) is 0 Å². The average molecular weight is 393 g/mol. The van der Waals surface area contributed by atoms with Crippen LogP contribution in [0.3, 0.4) is 0 Å². The molecular formula is C22H20FN3O3. The zero-order valence-electron chi connectivity index (χ0n) is 15.6. The lowest BCUT2D eigenvalue weighted by Crippen LogP contribution is -2.51. The summed E-state index contributed by atoms with van der Waals surface area (Å²) in [5, 5.41) is 13.9. The molecule has 1 aliphatic heterocycles. The van der Waals surface area contributed by atoms with Crippen LogP contribution in [0.4, 0.5) is 15.8 Å². The Morgan fingerprint density at radius 1 is 0.862 bits per heavy atom. The first kappa shape index (κ1) is 18.7. The van der Waals surface area contributed by atoms with Crippen LogP contribution in [-0.4, -0.2) is 48.0 Å². The van der Waals surface area contributed by atoms with Gasteiger partial charge in [0.1, 0.15) is 11.6 Å². The SMILES string of the molecule is O=C(Nc1cccc2c(O)cccc12)C(=O)N1CCN(c2ccc(F)cc2)CC1. The van der Waals surface area contributed by atoms with Crippen LogP contribution in [0.5, 0.6) is 5.75 Å². The number of benzene rings is 3. The Bertz CT molecular complexity index is 1060. The van der Waals surface area contributed by atoms with Crippen molar-refractivity contribution in [3.8, 4) is 5.75 Å². The summed E-state index contributed by atoms with van der Waals surface area (Å²) >= 11 is 0. The number of amides is 2. The summed E-state index contributed by atoms with van der Waals surface area (Å²) in [5.41, 5.74) is 1.36. The summed E-state index contributed by atoms with van der Waals surface area (Å²) in [6.45, 7) is 1.93. The van der Waals surface area contributed by atoms with E-state index in [2.05, 4.69) is 10.2 Å². The van der Waals surface area contributed by atoms with Gasteiger partial charge >= 0.3 is 11.8 Å². The van der Waals surface area contributed by atoms with Gasteiger partial charge in [0, 0.05) is 48.3 Å². The lowest BCUT2D eigenvalue weighted by molar-refractivity contribution is -0.143. The molecule has 29 heavy (non-hydrogen) atoms. The van der Waals surface area contributed by atoms with Gasteiger partial charge in [0.25, 0.3) is 0 Å². The van der Waals surface area contributed by atoms with Crippen LogP contribution >= 0.6 is 0 Å². The molecule has 0 radical (unpaired) electrons. The van der Waals surface area contributed by atoms with Gasteiger partial charge in [0.05, 0.1) is 0 Å². The molecule has 7 heteroatoms. The number of phenols is 1. The number of piperazine rings is 1. The molecule has 2 N–H and O–H groups in total. The molecule has 0 bridgehead atoms. The van der Waals surface area contributed by atoms with Crippen LogP contribution in [0.1, 0.15) is 0 Å². The first-order chi connectivity index (χ1) is 14.0. The third-order valence-corrected chi connectivity index (χ3v) is 5.10. The van der Waals surface area contributed by atoms with Crippen LogP contribution in [-0.2, 0) is 9.59 Å². The van der Waals surface area contributed by atoms with Crippen molar-refractivity contribution in [3.63, 3.8) is 0 Å². The maximum atomic E-state index is 13.1. The van der Waals surface area contributed by atoms with Crippen molar-refractivity contribution in [2.24, 2.45) is 0 Å². The van der Waals surface area contributed by atoms with E-state index in [1.807, 2.05) is 0 Å². The van der Waals surface area contributed by atoms with Gasteiger partial charge in [-0.1, -0.05) is 24.3 Å². The van der Waals surface area contributed by atoms with Crippen LogP contribution in [0.25, 0.3) is 10.8 Å². The van der Waals surface area contributed by atoms with E-state index in [-0.39, 0.29) is 11.6 Å². The topological polar surface area (TPSA) is 72.9 Å².